The Morgan fingerprint density at radius 3 is 2.26 bits per heavy atom. The summed E-state index contributed by atoms with van der Waals surface area (Å²) in [5.74, 6) is 1.11. The molecule has 3 atom stereocenters. The Bertz CT molecular complexity index is 508. The van der Waals surface area contributed by atoms with E-state index < -0.39 is 0 Å². The van der Waals surface area contributed by atoms with Crippen LogP contribution < -0.4 is 5.32 Å². The van der Waals surface area contributed by atoms with Gasteiger partial charge in [-0.25, -0.2) is 0 Å². The molecule has 0 radical (unpaired) electrons. The maximum absolute atomic E-state index is 5.89. The number of ether oxygens (including phenoxy) is 4. The van der Waals surface area contributed by atoms with Crippen molar-refractivity contribution >= 4 is 6.08 Å². The van der Waals surface area contributed by atoms with E-state index >= 15 is 0 Å². The molecule has 0 aromatic heterocycles. The highest BCUT2D eigenvalue weighted by Crippen LogP contribution is 2.33. The molecular weight excluding hydrogens is 342 g/mol. The van der Waals surface area contributed by atoms with Gasteiger partial charge in [0, 0.05) is 13.2 Å². The summed E-state index contributed by atoms with van der Waals surface area (Å²) in [6.45, 7) is 4.47. The first kappa shape index (κ1) is 22.1. The molecule has 1 fully saturated rings. The summed E-state index contributed by atoms with van der Waals surface area (Å²) in [5, 5.41) is 3.42. The predicted molar refractivity (Wildman–Crippen MR) is 109 cm³/mol. The minimum Gasteiger partial charge on any atom is -0.382 e. The molecule has 27 heavy (non-hydrogen) atoms. The molecule has 0 spiro atoms. The molecule has 0 saturated heterocycles. The molecule has 1 N–H and O–H groups in total. The number of rotatable bonds is 14. The van der Waals surface area contributed by atoms with Crippen molar-refractivity contribution in [1.29, 1.82) is 0 Å². The fraction of sp³-hybridized carbons (Fsp3) is 0.636. The second-order valence-electron chi connectivity index (χ2n) is 6.94. The van der Waals surface area contributed by atoms with Crippen LogP contribution in [0.25, 0.3) is 6.08 Å². The van der Waals surface area contributed by atoms with E-state index in [9.17, 15) is 0 Å². The second-order valence-corrected chi connectivity index (χ2v) is 6.94. The van der Waals surface area contributed by atoms with Crippen LogP contribution in [0.3, 0.4) is 0 Å². The lowest BCUT2D eigenvalue weighted by Crippen LogP contribution is -2.22. The van der Waals surface area contributed by atoms with Crippen LogP contribution in [0.15, 0.2) is 36.4 Å². The molecule has 0 bridgehead atoms. The van der Waals surface area contributed by atoms with Crippen LogP contribution in [-0.2, 0) is 18.9 Å². The maximum atomic E-state index is 5.89. The third kappa shape index (κ3) is 9.00. The number of allylic oxidation sites excluding steroid dienone is 1. The smallest absolute Gasteiger partial charge is 0.0701 e. The zero-order valence-corrected chi connectivity index (χ0v) is 16.8. The lowest BCUT2D eigenvalue weighted by Gasteiger charge is -2.16. The topological polar surface area (TPSA) is 49.0 Å². The Labute approximate surface area is 164 Å². The Kier molecular flexibility index (Phi) is 11.3. The molecule has 1 aliphatic rings. The monoisotopic (exact) mass is 377 g/mol. The van der Waals surface area contributed by atoms with Crippen LogP contribution in [-0.4, -0.2) is 66.4 Å². The van der Waals surface area contributed by atoms with E-state index in [1.165, 1.54) is 12.0 Å². The standard InChI is InChI=1S/C22H35NO4/c1-23-22-16-20(9-8-19-6-4-3-5-7-19)21(17-22)18-27-15-14-26-13-12-25-11-10-24-2/h3-9,20-23H,10-18H2,1-2H3/b9-8-. The Morgan fingerprint density at radius 2 is 1.59 bits per heavy atom. The Morgan fingerprint density at radius 1 is 0.926 bits per heavy atom. The fourth-order valence-electron chi connectivity index (χ4n) is 3.44. The van der Waals surface area contributed by atoms with E-state index in [-0.39, 0.29) is 0 Å². The van der Waals surface area contributed by atoms with Crippen LogP contribution in [0.2, 0.25) is 0 Å². The van der Waals surface area contributed by atoms with E-state index in [0.29, 0.717) is 57.5 Å². The normalized spacial score (nSPS) is 22.7. The van der Waals surface area contributed by atoms with Crippen molar-refractivity contribution < 1.29 is 18.9 Å². The summed E-state index contributed by atoms with van der Waals surface area (Å²) in [6, 6.07) is 11.1. The number of benzene rings is 1. The average Bonchev–Trinajstić information content (AvgIpc) is 3.11. The predicted octanol–water partition coefficient (Wildman–Crippen LogP) is 3.01. The highest BCUT2D eigenvalue weighted by Gasteiger charge is 2.31. The summed E-state index contributed by atoms with van der Waals surface area (Å²) >= 11 is 0. The molecule has 1 aromatic rings. The quantitative estimate of drug-likeness (QED) is 0.505. The first-order valence-corrected chi connectivity index (χ1v) is 9.96. The zero-order chi connectivity index (χ0) is 19.2. The summed E-state index contributed by atoms with van der Waals surface area (Å²) in [7, 11) is 3.72. The molecule has 3 unspecified atom stereocenters. The molecule has 152 valence electrons. The van der Waals surface area contributed by atoms with Gasteiger partial charge in [-0.3, -0.25) is 0 Å². The van der Waals surface area contributed by atoms with Gasteiger partial charge in [0.15, 0.2) is 0 Å². The van der Waals surface area contributed by atoms with Gasteiger partial charge < -0.3 is 24.3 Å². The van der Waals surface area contributed by atoms with Crippen molar-refractivity contribution in [2.24, 2.45) is 11.8 Å². The number of methoxy groups -OCH3 is 1. The van der Waals surface area contributed by atoms with Gasteiger partial charge in [0.25, 0.3) is 0 Å². The van der Waals surface area contributed by atoms with Crippen molar-refractivity contribution in [3.8, 4) is 0 Å². The van der Waals surface area contributed by atoms with E-state index in [4.69, 9.17) is 18.9 Å². The van der Waals surface area contributed by atoms with Gasteiger partial charge in [-0.1, -0.05) is 42.5 Å². The van der Waals surface area contributed by atoms with Crippen LogP contribution in [0, 0.1) is 11.8 Å². The lowest BCUT2D eigenvalue weighted by molar-refractivity contribution is -0.00260. The second kappa shape index (κ2) is 13.9. The van der Waals surface area contributed by atoms with Gasteiger partial charge >= 0.3 is 0 Å². The molecule has 0 amide bonds. The molecule has 0 heterocycles. The van der Waals surface area contributed by atoms with Crippen LogP contribution in [0.4, 0.5) is 0 Å². The van der Waals surface area contributed by atoms with E-state index in [1.807, 2.05) is 0 Å². The molecule has 5 heteroatoms. The number of hydrogen-bond acceptors (Lipinski definition) is 5. The van der Waals surface area contributed by atoms with E-state index in [1.54, 1.807) is 7.11 Å². The van der Waals surface area contributed by atoms with Crippen LogP contribution in [0.1, 0.15) is 18.4 Å². The van der Waals surface area contributed by atoms with Crippen molar-refractivity contribution in [1.82, 2.24) is 5.32 Å². The first-order valence-electron chi connectivity index (χ1n) is 9.96. The van der Waals surface area contributed by atoms with Crippen molar-refractivity contribution in [3.63, 3.8) is 0 Å². The summed E-state index contributed by atoms with van der Waals surface area (Å²) < 4.78 is 21.7. The third-order valence-corrected chi connectivity index (χ3v) is 5.00. The zero-order valence-electron chi connectivity index (χ0n) is 16.8. The SMILES string of the molecule is CNC1CC(/C=C\c2ccccc2)C(COCCOCCOCCOC)C1. The van der Waals surface area contributed by atoms with Gasteiger partial charge in [0.1, 0.15) is 0 Å². The molecule has 1 aliphatic carbocycles. The summed E-state index contributed by atoms with van der Waals surface area (Å²) in [6.07, 6.45) is 6.93. The van der Waals surface area contributed by atoms with Crippen molar-refractivity contribution in [2.45, 2.75) is 18.9 Å². The van der Waals surface area contributed by atoms with Crippen molar-refractivity contribution in [3.05, 3.63) is 42.0 Å². The first-order chi connectivity index (χ1) is 13.3. The van der Waals surface area contributed by atoms with Gasteiger partial charge in [-0.15, -0.1) is 0 Å². The number of hydrogen-bond donors (Lipinski definition) is 1. The third-order valence-electron chi connectivity index (χ3n) is 5.00. The van der Waals surface area contributed by atoms with E-state index in [2.05, 4.69) is 54.8 Å². The molecule has 2 rings (SSSR count). The van der Waals surface area contributed by atoms with Crippen LogP contribution in [0.5, 0.6) is 0 Å². The molecule has 0 aliphatic heterocycles. The molecular formula is C22H35NO4. The van der Waals surface area contributed by atoms with Gasteiger partial charge in [0.2, 0.25) is 0 Å². The fourth-order valence-corrected chi connectivity index (χ4v) is 3.44. The number of nitrogens with one attached hydrogen (secondary N) is 1. The molecule has 1 saturated carbocycles. The van der Waals surface area contributed by atoms with Crippen molar-refractivity contribution in [2.75, 3.05) is 60.4 Å². The average molecular weight is 378 g/mol. The summed E-state index contributed by atoms with van der Waals surface area (Å²) in [5.41, 5.74) is 1.26. The highest BCUT2D eigenvalue weighted by molar-refractivity contribution is 5.49. The molecule has 5 nitrogen and oxygen atoms in total. The van der Waals surface area contributed by atoms with E-state index in [0.717, 1.165) is 13.0 Å². The lowest BCUT2D eigenvalue weighted by atomic mass is 9.96. The summed E-state index contributed by atoms with van der Waals surface area (Å²) in [4.78, 5) is 0. The van der Waals surface area contributed by atoms with Crippen LogP contribution >= 0.6 is 0 Å². The largest absolute Gasteiger partial charge is 0.382 e. The minimum atomic E-state index is 0.553. The minimum absolute atomic E-state index is 0.553. The van der Waals surface area contributed by atoms with Gasteiger partial charge in [-0.2, -0.15) is 0 Å². The van der Waals surface area contributed by atoms with Gasteiger partial charge in [-0.05, 0) is 37.3 Å². The Hall–Kier alpha value is -1.24. The van der Waals surface area contributed by atoms with Gasteiger partial charge in [0.05, 0.1) is 46.2 Å². The Balaban J connectivity index is 1.62. The maximum Gasteiger partial charge on any atom is 0.0701 e. The molecule has 1 aromatic carbocycles. The highest BCUT2D eigenvalue weighted by atomic mass is 16.6.